The lowest BCUT2D eigenvalue weighted by Gasteiger charge is -2.35. The van der Waals surface area contributed by atoms with Gasteiger partial charge >= 0.3 is 6.18 Å². The highest BCUT2D eigenvalue weighted by molar-refractivity contribution is 5.37. The fourth-order valence-corrected chi connectivity index (χ4v) is 3.36. The molecular formula is C23H21F3O2. The van der Waals surface area contributed by atoms with Crippen molar-refractivity contribution in [1.29, 1.82) is 0 Å². The van der Waals surface area contributed by atoms with Crippen LogP contribution in [0.1, 0.15) is 29.0 Å². The summed E-state index contributed by atoms with van der Waals surface area (Å²) in [7, 11) is 1.44. The van der Waals surface area contributed by atoms with E-state index in [2.05, 4.69) is 0 Å². The van der Waals surface area contributed by atoms with Gasteiger partial charge in [0.1, 0.15) is 5.75 Å². The Kier molecular flexibility index (Phi) is 5.75. The van der Waals surface area contributed by atoms with Gasteiger partial charge in [-0.1, -0.05) is 72.8 Å². The molecule has 146 valence electrons. The van der Waals surface area contributed by atoms with Crippen molar-refractivity contribution in [2.24, 2.45) is 0 Å². The molecule has 0 radical (unpaired) electrons. The maximum absolute atomic E-state index is 14.1. The SMILES string of the molecule is COc1ccc(C(O)(CC(c2ccccc2)c2ccccc2)C(F)(F)F)cc1. The van der Waals surface area contributed by atoms with E-state index in [1.54, 1.807) is 48.5 Å². The van der Waals surface area contributed by atoms with Crippen LogP contribution in [0.15, 0.2) is 84.9 Å². The summed E-state index contributed by atoms with van der Waals surface area (Å²) in [6, 6.07) is 23.2. The molecule has 3 aromatic rings. The number of aliphatic hydroxyl groups is 1. The van der Waals surface area contributed by atoms with Gasteiger partial charge < -0.3 is 9.84 Å². The average molecular weight is 386 g/mol. The summed E-state index contributed by atoms with van der Waals surface area (Å²) in [5.41, 5.74) is -1.79. The van der Waals surface area contributed by atoms with Crippen molar-refractivity contribution in [3.8, 4) is 5.75 Å². The van der Waals surface area contributed by atoms with Crippen molar-refractivity contribution >= 4 is 0 Å². The Bertz CT molecular complexity index is 838. The normalized spacial score (nSPS) is 13.9. The third kappa shape index (κ3) is 4.04. The highest BCUT2D eigenvalue weighted by Gasteiger charge is 2.55. The van der Waals surface area contributed by atoms with Gasteiger partial charge in [-0.3, -0.25) is 0 Å². The Morgan fingerprint density at radius 3 is 1.64 bits per heavy atom. The van der Waals surface area contributed by atoms with Gasteiger partial charge in [-0.25, -0.2) is 0 Å². The summed E-state index contributed by atoms with van der Waals surface area (Å²) < 4.78 is 47.3. The van der Waals surface area contributed by atoms with E-state index in [1.165, 1.54) is 31.4 Å². The van der Waals surface area contributed by atoms with Crippen LogP contribution in [0.25, 0.3) is 0 Å². The van der Waals surface area contributed by atoms with Crippen LogP contribution in [0.5, 0.6) is 5.75 Å². The van der Waals surface area contributed by atoms with E-state index in [1.807, 2.05) is 12.1 Å². The Morgan fingerprint density at radius 1 is 0.786 bits per heavy atom. The lowest BCUT2D eigenvalue weighted by Crippen LogP contribution is -2.43. The number of hydrogen-bond acceptors (Lipinski definition) is 2. The molecule has 3 aromatic carbocycles. The van der Waals surface area contributed by atoms with E-state index in [0.29, 0.717) is 16.9 Å². The molecule has 0 amide bonds. The number of ether oxygens (including phenoxy) is 1. The Morgan fingerprint density at radius 2 is 1.25 bits per heavy atom. The first-order valence-corrected chi connectivity index (χ1v) is 8.88. The minimum Gasteiger partial charge on any atom is -0.497 e. The molecule has 0 aliphatic rings. The number of hydrogen-bond donors (Lipinski definition) is 1. The van der Waals surface area contributed by atoms with Gasteiger partial charge in [0.15, 0.2) is 5.60 Å². The van der Waals surface area contributed by atoms with Crippen molar-refractivity contribution in [2.75, 3.05) is 7.11 Å². The van der Waals surface area contributed by atoms with E-state index in [4.69, 9.17) is 4.74 Å². The predicted octanol–water partition coefficient (Wildman–Crippen LogP) is 5.67. The molecule has 3 rings (SSSR count). The van der Waals surface area contributed by atoms with Gasteiger partial charge in [0, 0.05) is 12.3 Å². The summed E-state index contributed by atoms with van der Waals surface area (Å²) in [5, 5.41) is 10.9. The number of halogens is 3. The van der Waals surface area contributed by atoms with Crippen LogP contribution in [0.3, 0.4) is 0 Å². The first-order valence-electron chi connectivity index (χ1n) is 8.88. The second-order valence-corrected chi connectivity index (χ2v) is 6.66. The molecule has 0 fully saturated rings. The fraction of sp³-hybridized carbons (Fsp3) is 0.217. The second kappa shape index (κ2) is 8.07. The lowest BCUT2D eigenvalue weighted by molar-refractivity contribution is -0.270. The third-order valence-corrected chi connectivity index (χ3v) is 4.94. The molecule has 0 spiro atoms. The van der Waals surface area contributed by atoms with Crippen molar-refractivity contribution in [1.82, 2.24) is 0 Å². The molecular weight excluding hydrogens is 365 g/mol. The molecule has 0 aliphatic carbocycles. The highest BCUT2D eigenvalue weighted by atomic mass is 19.4. The van der Waals surface area contributed by atoms with Gasteiger partial charge in [0.2, 0.25) is 0 Å². The number of alkyl halides is 3. The van der Waals surface area contributed by atoms with Crippen LogP contribution in [0.2, 0.25) is 0 Å². The first-order chi connectivity index (χ1) is 13.3. The standard InChI is InChI=1S/C23H21F3O2/c1-28-20-14-12-19(13-15-20)22(27,23(24,25)26)16-21(17-8-4-2-5-9-17)18-10-6-3-7-11-18/h2-15,21,27H,16H2,1H3. The number of rotatable bonds is 6. The third-order valence-electron chi connectivity index (χ3n) is 4.94. The molecule has 5 heteroatoms. The van der Waals surface area contributed by atoms with E-state index in [-0.39, 0.29) is 5.56 Å². The maximum Gasteiger partial charge on any atom is 0.421 e. The average Bonchev–Trinajstić information content (AvgIpc) is 2.72. The van der Waals surface area contributed by atoms with Crippen LogP contribution in [0, 0.1) is 0 Å². The summed E-state index contributed by atoms with van der Waals surface area (Å²) in [6.45, 7) is 0. The minimum absolute atomic E-state index is 0.210. The Hall–Kier alpha value is -2.79. The van der Waals surface area contributed by atoms with Gasteiger partial charge in [-0.05, 0) is 28.8 Å². The van der Waals surface area contributed by atoms with Crippen molar-refractivity contribution < 1.29 is 23.0 Å². The maximum atomic E-state index is 14.1. The molecule has 1 atom stereocenters. The molecule has 0 aliphatic heterocycles. The molecule has 0 saturated carbocycles. The quantitative estimate of drug-likeness (QED) is 0.592. The van der Waals surface area contributed by atoms with Crippen molar-refractivity contribution in [3.63, 3.8) is 0 Å². The largest absolute Gasteiger partial charge is 0.497 e. The molecule has 0 saturated heterocycles. The number of methoxy groups -OCH3 is 1. The molecule has 2 nitrogen and oxygen atoms in total. The van der Waals surface area contributed by atoms with E-state index >= 15 is 0 Å². The molecule has 28 heavy (non-hydrogen) atoms. The van der Waals surface area contributed by atoms with Crippen LogP contribution < -0.4 is 4.74 Å². The summed E-state index contributed by atoms with van der Waals surface area (Å²) in [6.07, 6.45) is -5.37. The second-order valence-electron chi connectivity index (χ2n) is 6.66. The van der Waals surface area contributed by atoms with Gasteiger partial charge in [0.25, 0.3) is 0 Å². The van der Waals surface area contributed by atoms with Crippen LogP contribution in [-0.4, -0.2) is 18.4 Å². The Labute approximate surface area is 162 Å². The topological polar surface area (TPSA) is 29.5 Å². The first kappa shape index (κ1) is 20.0. The molecule has 0 heterocycles. The molecule has 0 aromatic heterocycles. The fourth-order valence-electron chi connectivity index (χ4n) is 3.36. The van der Waals surface area contributed by atoms with Crippen molar-refractivity contribution in [3.05, 3.63) is 102 Å². The smallest absolute Gasteiger partial charge is 0.421 e. The van der Waals surface area contributed by atoms with Crippen molar-refractivity contribution in [2.45, 2.75) is 24.1 Å². The zero-order chi connectivity index (χ0) is 20.2. The van der Waals surface area contributed by atoms with Gasteiger partial charge in [-0.2, -0.15) is 13.2 Å². The minimum atomic E-state index is -4.84. The van der Waals surface area contributed by atoms with Crippen LogP contribution >= 0.6 is 0 Å². The lowest BCUT2D eigenvalue weighted by atomic mass is 9.78. The zero-order valence-corrected chi connectivity index (χ0v) is 15.4. The molecule has 0 bridgehead atoms. The predicted molar refractivity (Wildman–Crippen MR) is 102 cm³/mol. The van der Waals surface area contributed by atoms with Crippen LogP contribution in [0.4, 0.5) is 13.2 Å². The van der Waals surface area contributed by atoms with Crippen LogP contribution in [-0.2, 0) is 5.60 Å². The van der Waals surface area contributed by atoms with Gasteiger partial charge in [-0.15, -0.1) is 0 Å². The molecule has 1 unspecified atom stereocenters. The Balaban J connectivity index is 2.08. The van der Waals surface area contributed by atoms with E-state index < -0.39 is 24.1 Å². The van der Waals surface area contributed by atoms with Gasteiger partial charge in [0.05, 0.1) is 7.11 Å². The zero-order valence-electron chi connectivity index (χ0n) is 15.4. The van der Waals surface area contributed by atoms with E-state index in [0.717, 1.165) is 0 Å². The monoisotopic (exact) mass is 386 g/mol. The van der Waals surface area contributed by atoms with E-state index in [9.17, 15) is 18.3 Å². The molecule has 1 N–H and O–H groups in total. The summed E-state index contributed by atoms with van der Waals surface area (Å²) >= 11 is 0. The summed E-state index contributed by atoms with van der Waals surface area (Å²) in [5.74, 6) is -0.202. The summed E-state index contributed by atoms with van der Waals surface area (Å²) in [4.78, 5) is 0. The number of benzene rings is 3. The highest BCUT2D eigenvalue weighted by Crippen LogP contribution is 2.47.